The van der Waals surface area contributed by atoms with Gasteiger partial charge in [-0.1, -0.05) is 35.9 Å². The number of nitrogens with zero attached hydrogens (tertiary/aromatic N) is 1. The number of allylic oxidation sites excluding steroid dienone is 2. The molecule has 3 rings (SSSR count). The minimum Gasteiger partial charge on any atom is -0.497 e. The summed E-state index contributed by atoms with van der Waals surface area (Å²) in [6.45, 7) is 0. The van der Waals surface area contributed by atoms with Crippen molar-refractivity contribution in [1.82, 2.24) is 4.90 Å². The zero-order valence-corrected chi connectivity index (χ0v) is 19.0. The molecule has 0 spiro atoms. The van der Waals surface area contributed by atoms with Crippen molar-refractivity contribution >= 4 is 5.91 Å². The van der Waals surface area contributed by atoms with Crippen molar-refractivity contribution in [3.05, 3.63) is 53.6 Å². The maximum atomic E-state index is 11.7. The molecule has 5 heteroatoms. The van der Waals surface area contributed by atoms with Crippen LogP contribution in [0.1, 0.15) is 44.1 Å². The van der Waals surface area contributed by atoms with Crippen LogP contribution in [0.3, 0.4) is 0 Å². The fourth-order valence-corrected chi connectivity index (χ4v) is 4.97. The lowest BCUT2D eigenvalue weighted by atomic mass is 9.88. The average Bonchev–Trinajstić information content (AvgIpc) is 3.26. The number of unbranched alkanes of at least 4 members (excludes halogenated alkanes) is 1. The van der Waals surface area contributed by atoms with Crippen molar-refractivity contribution in [2.75, 3.05) is 21.2 Å². The van der Waals surface area contributed by atoms with Gasteiger partial charge in [-0.15, -0.1) is 0 Å². The maximum Gasteiger partial charge on any atom is 0.222 e. The Morgan fingerprint density at radius 1 is 1.26 bits per heavy atom. The lowest BCUT2D eigenvalue weighted by Gasteiger charge is -2.19. The summed E-state index contributed by atoms with van der Waals surface area (Å²) >= 11 is 0. The van der Waals surface area contributed by atoms with Crippen molar-refractivity contribution < 1.29 is 19.7 Å². The Labute approximate surface area is 186 Å². The Hall–Kier alpha value is -2.11. The van der Waals surface area contributed by atoms with Crippen LogP contribution in [0.15, 0.2) is 48.1 Å². The van der Waals surface area contributed by atoms with E-state index < -0.39 is 6.10 Å². The number of carbonyl (C=O) groups is 1. The molecule has 0 saturated heterocycles. The van der Waals surface area contributed by atoms with E-state index in [0.717, 1.165) is 43.4 Å². The van der Waals surface area contributed by atoms with Gasteiger partial charge < -0.3 is 19.8 Å². The Bertz CT molecular complexity index is 783. The van der Waals surface area contributed by atoms with Gasteiger partial charge in [0.2, 0.25) is 5.91 Å². The molecule has 1 aromatic rings. The number of amides is 1. The highest BCUT2D eigenvalue weighted by Gasteiger charge is 2.43. The molecular weight excluding hydrogens is 390 g/mol. The molecule has 0 aliphatic heterocycles. The summed E-state index contributed by atoms with van der Waals surface area (Å²) in [5, 5.41) is 21.0. The number of aliphatic hydroxyl groups is 2. The van der Waals surface area contributed by atoms with Crippen LogP contribution < -0.4 is 4.74 Å². The molecule has 2 aliphatic carbocycles. The summed E-state index contributed by atoms with van der Waals surface area (Å²) < 4.78 is 5.17. The molecule has 1 amide bonds. The highest BCUT2D eigenvalue weighted by molar-refractivity contribution is 5.75. The van der Waals surface area contributed by atoms with E-state index in [4.69, 9.17) is 4.74 Å². The first-order chi connectivity index (χ1) is 14.9. The summed E-state index contributed by atoms with van der Waals surface area (Å²) in [5.41, 5.74) is 2.52. The summed E-state index contributed by atoms with van der Waals surface area (Å²) in [6, 6.07) is 7.74. The maximum absolute atomic E-state index is 11.7. The molecular formula is C26H37NO4. The van der Waals surface area contributed by atoms with E-state index in [0.29, 0.717) is 24.7 Å². The number of hydrogen-bond acceptors (Lipinski definition) is 4. The number of methoxy groups -OCH3 is 1. The lowest BCUT2D eigenvalue weighted by molar-refractivity contribution is -0.128. The molecule has 5 atom stereocenters. The van der Waals surface area contributed by atoms with Crippen molar-refractivity contribution in [3.8, 4) is 5.75 Å². The zero-order chi connectivity index (χ0) is 22.4. The Balaban J connectivity index is 1.46. The first kappa shape index (κ1) is 23.6. The van der Waals surface area contributed by atoms with Gasteiger partial charge in [-0.05, 0) is 61.6 Å². The van der Waals surface area contributed by atoms with Gasteiger partial charge in [0.25, 0.3) is 0 Å². The van der Waals surface area contributed by atoms with Gasteiger partial charge in [0.1, 0.15) is 5.75 Å². The molecule has 170 valence electrons. The molecule has 0 aromatic heterocycles. The Morgan fingerprint density at radius 3 is 2.68 bits per heavy atom. The van der Waals surface area contributed by atoms with Gasteiger partial charge >= 0.3 is 0 Å². The number of aliphatic hydroxyl groups excluding tert-OH is 2. The number of fused-ring (bicyclic) bond motifs is 1. The van der Waals surface area contributed by atoms with Crippen LogP contribution in [0.25, 0.3) is 0 Å². The fourth-order valence-electron chi connectivity index (χ4n) is 4.97. The van der Waals surface area contributed by atoms with Crippen LogP contribution in [0.5, 0.6) is 5.75 Å². The third-order valence-electron chi connectivity index (χ3n) is 6.75. The van der Waals surface area contributed by atoms with Gasteiger partial charge in [-0.3, -0.25) is 4.79 Å². The molecule has 1 saturated carbocycles. The smallest absolute Gasteiger partial charge is 0.222 e. The number of rotatable bonds is 10. The SMILES string of the molecule is COc1ccc(C[C@@H](O)C=C[C@@H]2[C@H]3CC(CCCCC(=O)N(C)C)=C[C@H]3C[C@H]2O)cc1. The van der Waals surface area contributed by atoms with Gasteiger partial charge in [-0.2, -0.15) is 0 Å². The molecule has 0 heterocycles. The number of carbonyl (C=O) groups excluding carboxylic acids is 1. The van der Waals surface area contributed by atoms with Crippen LogP contribution in [0, 0.1) is 17.8 Å². The van der Waals surface area contributed by atoms with Crippen LogP contribution in [-0.2, 0) is 11.2 Å². The first-order valence-corrected chi connectivity index (χ1v) is 11.4. The number of ether oxygens (including phenoxy) is 1. The normalized spacial score (nSPS) is 26.0. The van der Waals surface area contributed by atoms with Crippen LogP contribution in [0.4, 0.5) is 0 Å². The van der Waals surface area contributed by atoms with E-state index in [1.165, 1.54) is 5.57 Å². The van der Waals surface area contributed by atoms with Crippen molar-refractivity contribution in [2.45, 2.75) is 57.2 Å². The van der Waals surface area contributed by atoms with Crippen LogP contribution in [0.2, 0.25) is 0 Å². The third-order valence-corrected chi connectivity index (χ3v) is 6.75. The molecule has 0 bridgehead atoms. The molecule has 5 nitrogen and oxygen atoms in total. The standard InChI is InChI=1S/C26H37NO4/c1-27(2)26(30)7-5-4-6-19-14-20-17-25(29)23(24(20)16-19)13-10-21(28)15-18-8-11-22(31-3)12-9-18/h8-14,20-21,23-25,28-29H,4-7,15-17H2,1-3H3/t20-,21-,23+,24-,25+/m0/s1. The topological polar surface area (TPSA) is 70.0 Å². The van der Waals surface area contributed by atoms with E-state index in [1.807, 2.05) is 36.4 Å². The third kappa shape index (κ3) is 6.44. The van der Waals surface area contributed by atoms with E-state index in [1.54, 1.807) is 26.1 Å². The van der Waals surface area contributed by atoms with E-state index in [-0.39, 0.29) is 17.9 Å². The fraction of sp³-hybridized carbons (Fsp3) is 0.577. The molecule has 1 aromatic carbocycles. The molecule has 0 radical (unpaired) electrons. The van der Waals surface area contributed by atoms with Crippen molar-refractivity contribution in [2.24, 2.45) is 17.8 Å². The monoisotopic (exact) mass is 427 g/mol. The second kappa shape index (κ2) is 11.0. The summed E-state index contributed by atoms with van der Waals surface area (Å²) in [5.74, 6) is 1.96. The summed E-state index contributed by atoms with van der Waals surface area (Å²) in [4.78, 5) is 13.4. The highest BCUT2D eigenvalue weighted by Crippen LogP contribution is 2.48. The molecule has 1 fully saturated rings. The molecule has 2 aliphatic rings. The average molecular weight is 428 g/mol. The zero-order valence-electron chi connectivity index (χ0n) is 19.0. The first-order valence-electron chi connectivity index (χ1n) is 11.4. The molecule has 2 N–H and O–H groups in total. The van der Waals surface area contributed by atoms with E-state index in [2.05, 4.69) is 6.08 Å². The van der Waals surface area contributed by atoms with E-state index in [9.17, 15) is 15.0 Å². The van der Waals surface area contributed by atoms with Gasteiger partial charge in [0.05, 0.1) is 19.3 Å². The molecule has 31 heavy (non-hydrogen) atoms. The van der Waals surface area contributed by atoms with Crippen LogP contribution >= 0.6 is 0 Å². The van der Waals surface area contributed by atoms with Gasteiger partial charge in [0.15, 0.2) is 0 Å². The lowest BCUT2D eigenvalue weighted by Crippen LogP contribution is -2.21. The minimum absolute atomic E-state index is 0.0968. The summed E-state index contributed by atoms with van der Waals surface area (Å²) in [6.07, 6.45) is 11.3. The van der Waals surface area contributed by atoms with Gasteiger partial charge in [-0.25, -0.2) is 0 Å². The predicted octanol–water partition coefficient (Wildman–Crippen LogP) is 3.75. The van der Waals surface area contributed by atoms with Gasteiger partial charge in [0, 0.05) is 32.9 Å². The Kier molecular flexibility index (Phi) is 8.33. The molecule has 0 unspecified atom stereocenters. The predicted molar refractivity (Wildman–Crippen MR) is 123 cm³/mol. The van der Waals surface area contributed by atoms with E-state index >= 15 is 0 Å². The Morgan fingerprint density at radius 2 is 2.00 bits per heavy atom. The second-order valence-corrected chi connectivity index (χ2v) is 9.24. The number of hydrogen-bond donors (Lipinski definition) is 2. The number of benzene rings is 1. The quantitative estimate of drug-likeness (QED) is 0.441. The highest BCUT2D eigenvalue weighted by atomic mass is 16.5. The summed E-state index contributed by atoms with van der Waals surface area (Å²) in [7, 11) is 5.24. The van der Waals surface area contributed by atoms with Crippen LogP contribution in [-0.4, -0.2) is 54.4 Å². The second-order valence-electron chi connectivity index (χ2n) is 9.24. The largest absolute Gasteiger partial charge is 0.497 e. The minimum atomic E-state index is -0.567. The van der Waals surface area contributed by atoms with Crippen molar-refractivity contribution in [1.29, 1.82) is 0 Å². The van der Waals surface area contributed by atoms with Crippen molar-refractivity contribution in [3.63, 3.8) is 0 Å².